The quantitative estimate of drug-likeness (QED) is 0.727. The first-order valence-electron chi connectivity index (χ1n) is 9.27. The SMILES string of the molecule is CCN1C(=O)C(NC(=O)C(=O)N2CCc3ccccc3C2)c2cc(Br)ccc21. The summed E-state index contributed by atoms with van der Waals surface area (Å²) in [5.74, 6) is -1.57. The lowest BCUT2D eigenvalue weighted by Gasteiger charge is -2.28. The Morgan fingerprint density at radius 1 is 1.18 bits per heavy atom. The lowest BCUT2D eigenvalue weighted by molar-refractivity contribution is -0.147. The highest BCUT2D eigenvalue weighted by Crippen LogP contribution is 2.37. The fourth-order valence-electron chi connectivity index (χ4n) is 3.88. The zero-order chi connectivity index (χ0) is 19.8. The van der Waals surface area contributed by atoms with Crippen LogP contribution in [-0.2, 0) is 27.3 Å². The van der Waals surface area contributed by atoms with Crippen molar-refractivity contribution in [3.63, 3.8) is 0 Å². The van der Waals surface area contributed by atoms with Crippen LogP contribution in [0.15, 0.2) is 46.9 Å². The summed E-state index contributed by atoms with van der Waals surface area (Å²) in [6.45, 7) is 3.27. The van der Waals surface area contributed by atoms with Gasteiger partial charge in [0.15, 0.2) is 0 Å². The molecule has 4 rings (SSSR count). The third-order valence-corrected chi connectivity index (χ3v) is 5.80. The van der Waals surface area contributed by atoms with E-state index in [2.05, 4.69) is 21.2 Å². The van der Waals surface area contributed by atoms with Crippen LogP contribution in [0.2, 0.25) is 0 Å². The molecule has 7 heteroatoms. The number of fused-ring (bicyclic) bond motifs is 2. The summed E-state index contributed by atoms with van der Waals surface area (Å²) in [5, 5.41) is 2.66. The third kappa shape index (κ3) is 3.20. The maximum Gasteiger partial charge on any atom is 0.312 e. The van der Waals surface area contributed by atoms with E-state index in [1.165, 1.54) is 10.5 Å². The zero-order valence-corrected chi connectivity index (χ0v) is 17.0. The molecule has 0 radical (unpaired) electrons. The molecule has 0 fully saturated rings. The Balaban J connectivity index is 1.52. The summed E-state index contributed by atoms with van der Waals surface area (Å²) in [7, 11) is 0. The Labute approximate surface area is 171 Å². The van der Waals surface area contributed by atoms with E-state index in [9.17, 15) is 14.4 Å². The van der Waals surface area contributed by atoms with Gasteiger partial charge in [-0.25, -0.2) is 0 Å². The second kappa shape index (κ2) is 7.39. The van der Waals surface area contributed by atoms with E-state index >= 15 is 0 Å². The average molecular weight is 442 g/mol. The van der Waals surface area contributed by atoms with E-state index in [1.54, 1.807) is 4.90 Å². The van der Waals surface area contributed by atoms with Crippen LogP contribution in [0.4, 0.5) is 5.69 Å². The van der Waals surface area contributed by atoms with Crippen molar-refractivity contribution in [2.75, 3.05) is 18.0 Å². The highest BCUT2D eigenvalue weighted by Gasteiger charge is 2.39. The van der Waals surface area contributed by atoms with Crippen LogP contribution in [0.1, 0.15) is 29.7 Å². The van der Waals surface area contributed by atoms with Crippen molar-refractivity contribution in [2.24, 2.45) is 0 Å². The lowest BCUT2D eigenvalue weighted by Crippen LogP contribution is -2.47. The second-order valence-corrected chi connectivity index (χ2v) is 7.85. The van der Waals surface area contributed by atoms with E-state index in [4.69, 9.17) is 0 Å². The summed E-state index contributed by atoms with van der Waals surface area (Å²) in [6.07, 6.45) is 0.719. The maximum atomic E-state index is 12.8. The fourth-order valence-corrected chi connectivity index (χ4v) is 4.26. The van der Waals surface area contributed by atoms with Gasteiger partial charge in [0.05, 0.1) is 0 Å². The van der Waals surface area contributed by atoms with Gasteiger partial charge in [-0.3, -0.25) is 14.4 Å². The average Bonchev–Trinajstić information content (AvgIpc) is 2.97. The highest BCUT2D eigenvalue weighted by molar-refractivity contribution is 9.10. The molecular formula is C21H20BrN3O3. The fraction of sp³-hybridized carbons (Fsp3) is 0.286. The molecule has 0 aliphatic carbocycles. The largest absolute Gasteiger partial charge is 0.332 e. The summed E-state index contributed by atoms with van der Waals surface area (Å²) in [4.78, 5) is 41.3. The number of rotatable bonds is 2. The van der Waals surface area contributed by atoms with Gasteiger partial charge in [0.25, 0.3) is 5.91 Å². The molecule has 0 bridgehead atoms. The summed E-state index contributed by atoms with van der Waals surface area (Å²) < 4.78 is 0.815. The van der Waals surface area contributed by atoms with Gasteiger partial charge >= 0.3 is 11.8 Å². The maximum absolute atomic E-state index is 12.8. The molecule has 28 heavy (non-hydrogen) atoms. The molecule has 0 saturated carbocycles. The van der Waals surface area contributed by atoms with Crippen molar-refractivity contribution in [1.29, 1.82) is 0 Å². The molecule has 1 N–H and O–H groups in total. The number of anilines is 1. The summed E-state index contributed by atoms with van der Waals surface area (Å²) in [5.41, 5.74) is 3.72. The predicted molar refractivity (Wildman–Crippen MR) is 109 cm³/mol. The van der Waals surface area contributed by atoms with Crippen LogP contribution in [0, 0.1) is 0 Å². The Kier molecular flexibility index (Phi) is 4.93. The standard InChI is InChI=1S/C21H20BrN3O3/c1-2-25-17-8-7-15(22)11-16(17)18(20(25)27)23-19(26)21(28)24-10-9-13-5-3-4-6-14(13)12-24/h3-8,11,18H,2,9-10,12H2,1H3,(H,23,26). The molecule has 1 unspecified atom stereocenters. The van der Waals surface area contributed by atoms with Crippen molar-refractivity contribution >= 4 is 39.3 Å². The first-order valence-corrected chi connectivity index (χ1v) is 10.1. The van der Waals surface area contributed by atoms with Gasteiger partial charge in [-0.1, -0.05) is 40.2 Å². The number of benzene rings is 2. The lowest BCUT2D eigenvalue weighted by atomic mass is 10.00. The van der Waals surface area contributed by atoms with Crippen LogP contribution in [-0.4, -0.2) is 35.7 Å². The van der Waals surface area contributed by atoms with Crippen LogP contribution >= 0.6 is 15.9 Å². The minimum Gasteiger partial charge on any atom is -0.332 e. The van der Waals surface area contributed by atoms with E-state index in [0.29, 0.717) is 25.2 Å². The molecule has 1 atom stereocenters. The predicted octanol–water partition coefficient (Wildman–Crippen LogP) is 2.56. The number of hydrogen-bond donors (Lipinski definition) is 1. The van der Waals surface area contributed by atoms with Crippen LogP contribution in [0.3, 0.4) is 0 Å². The zero-order valence-electron chi connectivity index (χ0n) is 15.4. The van der Waals surface area contributed by atoms with Gasteiger partial charge in [-0.05, 0) is 42.7 Å². The number of likely N-dealkylation sites (N-methyl/N-ethyl adjacent to an activating group) is 1. The number of carbonyl (C=O) groups is 3. The monoisotopic (exact) mass is 441 g/mol. The third-order valence-electron chi connectivity index (χ3n) is 5.31. The van der Waals surface area contributed by atoms with Gasteiger partial charge in [0.2, 0.25) is 0 Å². The van der Waals surface area contributed by atoms with Gasteiger partial charge < -0.3 is 15.1 Å². The Morgan fingerprint density at radius 2 is 1.93 bits per heavy atom. The molecule has 0 aromatic heterocycles. The minimum atomic E-state index is -0.846. The van der Waals surface area contributed by atoms with Crippen molar-refractivity contribution in [3.05, 3.63) is 63.6 Å². The summed E-state index contributed by atoms with van der Waals surface area (Å²) in [6, 6.07) is 12.6. The first-order chi connectivity index (χ1) is 13.5. The Bertz CT molecular complexity index is 975. The number of amides is 3. The Hall–Kier alpha value is -2.67. The van der Waals surface area contributed by atoms with E-state index in [1.807, 2.05) is 49.4 Å². The molecule has 144 valence electrons. The van der Waals surface area contributed by atoms with Crippen LogP contribution < -0.4 is 10.2 Å². The number of hydrogen-bond acceptors (Lipinski definition) is 3. The molecular weight excluding hydrogens is 422 g/mol. The van der Waals surface area contributed by atoms with E-state index < -0.39 is 17.9 Å². The van der Waals surface area contributed by atoms with Crippen molar-refractivity contribution in [3.8, 4) is 0 Å². The Morgan fingerprint density at radius 3 is 2.68 bits per heavy atom. The molecule has 2 aromatic rings. The molecule has 3 amide bonds. The molecule has 6 nitrogen and oxygen atoms in total. The molecule has 2 aromatic carbocycles. The second-order valence-electron chi connectivity index (χ2n) is 6.94. The molecule has 2 aliphatic rings. The topological polar surface area (TPSA) is 69.7 Å². The molecule has 0 saturated heterocycles. The number of nitrogens with one attached hydrogen (secondary N) is 1. The van der Waals surface area contributed by atoms with Crippen molar-refractivity contribution in [2.45, 2.75) is 25.9 Å². The van der Waals surface area contributed by atoms with Gasteiger partial charge in [-0.2, -0.15) is 0 Å². The van der Waals surface area contributed by atoms with E-state index in [0.717, 1.165) is 22.1 Å². The highest BCUT2D eigenvalue weighted by atomic mass is 79.9. The van der Waals surface area contributed by atoms with E-state index in [-0.39, 0.29) is 5.91 Å². The number of nitrogens with zero attached hydrogens (tertiary/aromatic N) is 2. The van der Waals surface area contributed by atoms with Gasteiger partial charge in [-0.15, -0.1) is 0 Å². The first kappa shape index (κ1) is 18.7. The van der Waals surface area contributed by atoms with Gasteiger partial charge in [0, 0.05) is 35.4 Å². The van der Waals surface area contributed by atoms with Crippen LogP contribution in [0.5, 0.6) is 0 Å². The number of halogens is 1. The molecule has 2 heterocycles. The molecule has 0 spiro atoms. The van der Waals surface area contributed by atoms with Gasteiger partial charge in [0.1, 0.15) is 6.04 Å². The molecule has 2 aliphatic heterocycles. The number of carbonyl (C=O) groups excluding carboxylic acids is 3. The van der Waals surface area contributed by atoms with Crippen LogP contribution in [0.25, 0.3) is 0 Å². The normalized spacial score (nSPS) is 17.9. The summed E-state index contributed by atoms with van der Waals surface area (Å²) >= 11 is 3.41. The minimum absolute atomic E-state index is 0.222. The van der Waals surface area contributed by atoms with Crippen molar-refractivity contribution < 1.29 is 14.4 Å². The smallest absolute Gasteiger partial charge is 0.312 e. The van der Waals surface area contributed by atoms with Crippen molar-refractivity contribution in [1.82, 2.24) is 10.2 Å².